The number of benzene rings is 1. The first-order chi connectivity index (χ1) is 8.34. The summed E-state index contributed by atoms with van der Waals surface area (Å²) < 4.78 is 10.5. The minimum Gasteiger partial charge on any atom is -0.491 e. The van der Waals surface area contributed by atoms with Crippen molar-refractivity contribution in [2.75, 3.05) is 11.9 Å². The van der Waals surface area contributed by atoms with E-state index in [4.69, 9.17) is 9.15 Å². The molecule has 0 saturated heterocycles. The van der Waals surface area contributed by atoms with Crippen molar-refractivity contribution in [3.8, 4) is 5.75 Å². The predicted octanol–water partition coefficient (Wildman–Crippen LogP) is 2.47. The lowest BCUT2D eigenvalue weighted by Gasteiger charge is -2.08. The zero-order valence-electron chi connectivity index (χ0n) is 9.10. The summed E-state index contributed by atoms with van der Waals surface area (Å²) in [6, 6.07) is 9.04. The van der Waals surface area contributed by atoms with Gasteiger partial charge in [0.25, 0.3) is 5.91 Å². The van der Waals surface area contributed by atoms with Crippen LogP contribution in [0.2, 0.25) is 0 Å². The number of hydrogen-bond acceptors (Lipinski definition) is 3. The van der Waals surface area contributed by atoms with Crippen LogP contribution in [0.15, 0.2) is 41.0 Å². The van der Waals surface area contributed by atoms with E-state index in [0.29, 0.717) is 18.1 Å². The molecule has 0 saturated carbocycles. The molecule has 0 fully saturated rings. The van der Waals surface area contributed by atoms with E-state index in [1.54, 1.807) is 12.1 Å². The Bertz CT molecular complexity index is 546. The highest BCUT2D eigenvalue weighted by atomic mass is 16.5. The number of amides is 1. The fourth-order valence-corrected chi connectivity index (χ4v) is 1.91. The van der Waals surface area contributed by atoms with Gasteiger partial charge in [0.1, 0.15) is 5.75 Å². The van der Waals surface area contributed by atoms with Crippen LogP contribution in [0.3, 0.4) is 0 Å². The Morgan fingerprint density at radius 3 is 3.00 bits per heavy atom. The number of anilines is 1. The molecule has 1 aliphatic heterocycles. The number of hydrogen-bond donors (Lipinski definition) is 1. The number of para-hydroxylation sites is 1. The molecule has 2 aromatic rings. The Labute approximate surface area is 98.2 Å². The molecular weight excluding hydrogens is 218 g/mol. The SMILES string of the molecule is O=C(Nc1cccc2c1OCC2)c1ccco1. The summed E-state index contributed by atoms with van der Waals surface area (Å²) in [7, 11) is 0. The fraction of sp³-hybridized carbons (Fsp3) is 0.154. The van der Waals surface area contributed by atoms with Crippen molar-refractivity contribution >= 4 is 11.6 Å². The molecule has 4 nitrogen and oxygen atoms in total. The van der Waals surface area contributed by atoms with Gasteiger partial charge in [0, 0.05) is 6.42 Å². The second-order valence-electron chi connectivity index (χ2n) is 3.82. The first-order valence-corrected chi connectivity index (χ1v) is 5.44. The van der Waals surface area contributed by atoms with Crippen LogP contribution in [0.4, 0.5) is 5.69 Å². The second-order valence-corrected chi connectivity index (χ2v) is 3.82. The standard InChI is InChI=1S/C13H11NO3/c15-13(11-5-2-7-16-11)14-10-4-1-3-9-6-8-17-12(9)10/h1-5,7H,6,8H2,(H,14,15). The molecular formula is C13H11NO3. The van der Waals surface area contributed by atoms with Gasteiger partial charge in [-0.1, -0.05) is 12.1 Å². The second kappa shape index (κ2) is 3.97. The maximum atomic E-state index is 11.8. The number of furan rings is 1. The zero-order chi connectivity index (χ0) is 11.7. The molecule has 0 radical (unpaired) electrons. The van der Waals surface area contributed by atoms with Crippen LogP contribution >= 0.6 is 0 Å². The molecule has 1 amide bonds. The normalized spacial score (nSPS) is 12.9. The number of carbonyl (C=O) groups is 1. The molecule has 0 aliphatic carbocycles. The average Bonchev–Trinajstić information content (AvgIpc) is 3.00. The van der Waals surface area contributed by atoms with E-state index in [9.17, 15) is 4.79 Å². The highest BCUT2D eigenvalue weighted by Gasteiger charge is 2.18. The van der Waals surface area contributed by atoms with Crippen LogP contribution in [-0.2, 0) is 6.42 Å². The average molecular weight is 229 g/mol. The number of carbonyl (C=O) groups excluding carboxylic acids is 1. The highest BCUT2D eigenvalue weighted by molar-refractivity contribution is 6.03. The van der Waals surface area contributed by atoms with E-state index in [1.165, 1.54) is 6.26 Å². The zero-order valence-corrected chi connectivity index (χ0v) is 9.10. The molecule has 0 unspecified atom stereocenters. The van der Waals surface area contributed by atoms with Crippen molar-refractivity contribution in [1.82, 2.24) is 0 Å². The summed E-state index contributed by atoms with van der Waals surface area (Å²) in [5, 5.41) is 2.79. The Kier molecular flexibility index (Phi) is 2.33. The van der Waals surface area contributed by atoms with Gasteiger partial charge in [0.05, 0.1) is 18.6 Å². The summed E-state index contributed by atoms with van der Waals surface area (Å²) in [5.41, 5.74) is 1.82. The van der Waals surface area contributed by atoms with Gasteiger partial charge in [-0.2, -0.15) is 0 Å². The summed E-state index contributed by atoms with van der Waals surface area (Å²) in [5.74, 6) is 0.798. The van der Waals surface area contributed by atoms with E-state index in [0.717, 1.165) is 17.7 Å². The lowest BCUT2D eigenvalue weighted by molar-refractivity contribution is 0.0996. The number of fused-ring (bicyclic) bond motifs is 1. The number of nitrogens with one attached hydrogen (secondary N) is 1. The lowest BCUT2D eigenvalue weighted by Crippen LogP contribution is -2.11. The van der Waals surface area contributed by atoms with Crippen molar-refractivity contribution in [1.29, 1.82) is 0 Å². The Morgan fingerprint density at radius 1 is 1.24 bits per heavy atom. The van der Waals surface area contributed by atoms with Crippen LogP contribution in [0.1, 0.15) is 16.1 Å². The largest absolute Gasteiger partial charge is 0.491 e. The van der Waals surface area contributed by atoms with Crippen molar-refractivity contribution in [2.45, 2.75) is 6.42 Å². The molecule has 1 aliphatic rings. The van der Waals surface area contributed by atoms with Crippen molar-refractivity contribution in [3.05, 3.63) is 47.9 Å². The minimum absolute atomic E-state index is 0.265. The Hall–Kier alpha value is -2.23. The van der Waals surface area contributed by atoms with Crippen LogP contribution in [0.25, 0.3) is 0 Å². The smallest absolute Gasteiger partial charge is 0.291 e. The van der Waals surface area contributed by atoms with Gasteiger partial charge >= 0.3 is 0 Å². The third-order valence-corrected chi connectivity index (χ3v) is 2.71. The van der Waals surface area contributed by atoms with Gasteiger partial charge in [-0.05, 0) is 23.8 Å². The third kappa shape index (κ3) is 1.78. The molecule has 1 N–H and O–H groups in total. The van der Waals surface area contributed by atoms with E-state index >= 15 is 0 Å². The predicted molar refractivity (Wildman–Crippen MR) is 62.3 cm³/mol. The molecule has 0 spiro atoms. The Morgan fingerprint density at radius 2 is 2.18 bits per heavy atom. The van der Waals surface area contributed by atoms with Gasteiger partial charge < -0.3 is 14.5 Å². The van der Waals surface area contributed by atoms with Crippen molar-refractivity contribution < 1.29 is 13.9 Å². The molecule has 17 heavy (non-hydrogen) atoms. The fourth-order valence-electron chi connectivity index (χ4n) is 1.91. The van der Waals surface area contributed by atoms with Gasteiger partial charge in [-0.3, -0.25) is 4.79 Å². The summed E-state index contributed by atoms with van der Waals surface area (Å²) in [6.07, 6.45) is 2.36. The molecule has 1 aromatic heterocycles. The highest BCUT2D eigenvalue weighted by Crippen LogP contribution is 2.33. The molecule has 2 heterocycles. The van der Waals surface area contributed by atoms with Gasteiger partial charge in [0.2, 0.25) is 0 Å². The molecule has 3 rings (SSSR count). The molecule has 0 atom stereocenters. The molecule has 0 bridgehead atoms. The van der Waals surface area contributed by atoms with Gasteiger partial charge in [-0.15, -0.1) is 0 Å². The summed E-state index contributed by atoms with van der Waals surface area (Å²) >= 11 is 0. The minimum atomic E-state index is -0.265. The van der Waals surface area contributed by atoms with Crippen LogP contribution in [0, 0.1) is 0 Å². The summed E-state index contributed by atoms with van der Waals surface area (Å²) in [6.45, 7) is 0.670. The first kappa shape index (κ1) is 9.96. The maximum absolute atomic E-state index is 11.8. The van der Waals surface area contributed by atoms with Crippen LogP contribution in [0.5, 0.6) is 5.75 Å². The monoisotopic (exact) mass is 229 g/mol. The number of ether oxygens (including phenoxy) is 1. The van der Waals surface area contributed by atoms with E-state index in [1.807, 2.05) is 18.2 Å². The topological polar surface area (TPSA) is 51.5 Å². The Balaban J connectivity index is 1.87. The quantitative estimate of drug-likeness (QED) is 0.860. The summed E-state index contributed by atoms with van der Waals surface area (Å²) in [4.78, 5) is 11.8. The van der Waals surface area contributed by atoms with Crippen LogP contribution in [-0.4, -0.2) is 12.5 Å². The van der Waals surface area contributed by atoms with E-state index in [-0.39, 0.29) is 5.91 Å². The van der Waals surface area contributed by atoms with Crippen molar-refractivity contribution in [3.63, 3.8) is 0 Å². The third-order valence-electron chi connectivity index (χ3n) is 2.71. The van der Waals surface area contributed by atoms with Gasteiger partial charge in [0.15, 0.2) is 5.76 Å². The van der Waals surface area contributed by atoms with E-state index < -0.39 is 0 Å². The molecule has 86 valence electrons. The molecule has 4 heteroatoms. The first-order valence-electron chi connectivity index (χ1n) is 5.44. The van der Waals surface area contributed by atoms with E-state index in [2.05, 4.69) is 5.32 Å². The maximum Gasteiger partial charge on any atom is 0.291 e. The van der Waals surface area contributed by atoms with Crippen molar-refractivity contribution in [2.24, 2.45) is 0 Å². The van der Waals surface area contributed by atoms with Crippen LogP contribution < -0.4 is 10.1 Å². The number of rotatable bonds is 2. The van der Waals surface area contributed by atoms with Gasteiger partial charge in [-0.25, -0.2) is 0 Å². The molecule has 1 aromatic carbocycles. The lowest BCUT2D eigenvalue weighted by atomic mass is 10.1.